The molecule has 2 atom stereocenters. The molecule has 25 heavy (non-hydrogen) atoms. The molecule has 0 amide bonds. The van der Waals surface area contributed by atoms with Crippen LogP contribution in [0.25, 0.3) is 5.69 Å². The van der Waals surface area contributed by atoms with Crippen LogP contribution in [0.2, 0.25) is 0 Å². The molecule has 136 valence electrons. The number of nitrogens with one attached hydrogen (secondary N) is 1. The Bertz CT molecular complexity index is 648. The Balaban J connectivity index is 1.57. The Morgan fingerprint density at radius 3 is 2.72 bits per heavy atom. The fourth-order valence-electron chi connectivity index (χ4n) is 3.02. The summed E-state index contributed by atoms with van der Waals surface area (Å²) in [6.07, 6.45) is 5.05. The van der Waals surface area contributed by atoms with Crippen LogP contribution in [-0.4, -0.2) is 33.9 Å². The van der Waals surface area contributed by atoms with Gasteiger partial charge in [0.15, 0.2) is 6.29 Å². The standard InChI is InChI=1S/C19H28N4O2/c1-14(2)20-15(3)16-7-9-18(10-8-16)23-12-17(21-22-23)13-25-19-6-4-5-11-24-19/h7-10,12,14-15,19-20H,4-6,11,13H2,1-3H3. The molecule has 1 aromatic carbocycles. The number of rotatable bonds is 7. The molecule has 1 N–H and O–H groups in total. The van der Waals surface area contributed by atoms with Crippen molar-refractivity contribution in [3.63, 3.8) is 0 Å². The summed E-state index contributed by atoms with van der Waals surface area (Å²) in [5.41, 5.74) is 3.07. The van der Waals surface area contributed by atoms with Crippen molar-refractivity contribution in [2.24, 2.45) is 0 Å². The number of hydrogen-bond donors (Lipinski definition) is 1. The molecule has 6 nitrogen and oxygen atoms in total. The molecular weight excluding hydrogens is 316 g/mol. The molecule has 0 aliphatic carbocycles. The first-order valence-electron chi connectivity index (χ1n) is 9.12. The van der Waals surface area contributed by atoms with Crippen molar-refractivity contribution in [3.8, 4) is 5.69 Å². The number of hydrogen-bond acceptors (Lipinski definition) is 5. The van der Waals surface area contributed by atoms with Crippen molar-refractivity contribution in [3.05, 3.63) is 41.7 Å². The molecule has 0 bridgehead atoms. The van der Waals surface area contributed by atoms with Crippen LogP contribution in [0.5, 0.6) is 0 Å². The van der Waals surface area contributed by atoms with E-state index in [1.54, 1.807) is 4.68 Å². The first kappa shape index (κ1) is 18.0. The molecular formula is C19H28N4O2. The van der Waals surface area contributed by atoms with E-state index in [0.717, 1.165) is 37.3 Å². The first-order chi connectivity index (χ1) is 12.1. The zero-order valence-electron chi connectivity index (χ0n) is 15.3. The van der Waals surface area contributed by atoms with Crippen molar-refractivity contribution < 1.29 is 9.47 Å². The lowest BCUT2D eigenvalue weighted by molar-refractivity contribution is -0.169. The second-order valence-corrected chi connectivity index (χ2v) is 6.90. The lowest BCUT2D eigenvalue weighted by Crippen LogP contribution is -2.25. The third-order valence-corrected chi connectivity index (χ3v) is 4.34. The zero-order chi connectivity index (χ0) is 17.6. The van der Waals surface area contributed by atoms with Crippen LogP contribution in [0.15, 0.2) is 30.5 Å². The van der Waals surface area contributed by atoms with Crippen LogP contribution < -0.4 is 5.32 Å². The Hall–Kier alpha value is -1.76. The number of benzene rings is 1. The molecule has 1 aliphatic rings. The van der Waals surface area contributed by atoms with Gasteiger partial charge in [0.2, 0.25) is 0 Å². The minimum Gasteiger partial charge on any atom is -0.353 e. The van der Waals surface area contributed by atoms with E-state index >= 15 is 0 Å². The molecule has 6 heteroatoms. The molecule has 1 aromatic heterocycles. The van der Waals surface area contributed by atoms with Crippen LogP contribution in [0, 0.1) is 0 Å². The van der Waals surface area contributed by atoms with E-state index in [-0.39, 0.29) is 6.29 Å². The van der Waals surface area contributed by atoms with Crippen LogP contribution in [-0.2, 0) is 16.1 Å². The lowest BCUT2D eigenvalue weighted by Gasteiger charge is -2.22. The van der Waals surface area contributed by atoms with Crippen molar-refractivity contribution in [1.82, 2.24) is 20.3 Å². The van der Waals surface area contributed by atoms with Gasteiger partial charge in [-0.1, -0.05) is 31.2 Å². The highest BCUT2D eigenvalue weighted by atomic mass is 16.7. The number of nitrogens with zero attached hydrogens (tertiary/aromatic N) is 3. The quantitative estimate of drug-likeness (QED) is 0.834. The first-order valence-corrected chi connectivity index (χ1v) is 9.12. The van der Waals surface area contributed by atoms with E-state index in [0.29, 0.717) is 18.7 Å². The Kier molecular flexibility index (Phi) is 6.18. The fourth-order valence-corrected chi connectivity index (χ4v) is 3.02. The smallest absolute Gasteiger partial charge is 0.158 e. The topological polar surface area (TPSA) is 61.2 Å². The minimum absolute atomic E-state index is 0.104. The number of ether oxygens (including phenoxy) is 2. The Labute approximate surface area is 149 Å². The summed E-state index contributed by atoms with van der Waals surface area (Å²) in [5, 5.41) is 11.9. The van der Waals surface area contributed by atoms with E-state index in [1.807, 2.05) is 6.20 Å². The highest BCUT2D eigenvalue weighted by molar-refractivity contribution is 5.34. The maximum absolute atomic E-state index is 5.76. The second-order valence-electron chi connectivity index (χ2n) is 6.90. The third-order valence-electron chi connectivity index (χ3n) is 4.34. The van der Waals surface area contributed by atoms with Crippen molar-refractivity contribution >= 4 is 0 Å². The summed E-state index contributed by atoms with van der Waals surface area (Å²) < 4.78 is 13.1. The van der Waals surface area contributed by atoms with Gasteiger partial charge in [-0.15, -0.1) is 5.10 Å². The maximum atomic E-state index is 5.76. The van der Waals surface area contributed by atoms with E-state index in [1.165, 1.54) is 5.56 Å². The normalized spacial score (nSPS) is 19.3. The van der Waals surface area contributed by atoms with Crippen LogP contribution in [0.1, 0.15) is 57.3 Å². The van der Waals surface area contributed by atoms with Gasteiger partial charge in [-0.25, -0.2) is 4.68 Å². The van der Waals surface area contributed by atoms with Gasteiger partial charge in [0, 0.05) is 18.7 Å². The van der Waals surface area contributed by atoms with Gasteiger partial charge in [-0.3, -0.25) is 0 Å². The summed E-state index contributed by atoms with van der Waals surface area (Å²) in [5.74, 6) is 0. The fraction of sp³-hybridized carbons (Fsp3) is 0.579. The molecule has 0 saturated carbocycles. The van der Waals surface area contributed by atoms with Gasteiger partial charge < -0.3 is 14.8 Å². The molecule has 1 saturated heterocycles. The molecule has 2 heterocycles. The molecule has 0 radical (unpaired) electrons. The third kappa shape index (κ3) is 5.11. The molecule has 3 rings (SSSR count). The maximum Gasteiger partial charge on any atom is 0.158 e. The largest absolute Gasteiger partial charge is 0.353 e. The Morgan fingerprint density at radius 1 is 1.24 bits per heavy atom. The molecule has 1 aliphatic heterocycles. The van der Waals surface area contributed by atoms with Crippen LogP contribution in [0.3, 0.4) is 0 Å². The van der Waals surface area contributed by atoms with Gasteiger partial charge in [-0.2, -0.15) is 0 Å². The van der Waals surface area contributed by atoms with Crippen LogP contribution in [0.4, 0.5) is 0 Å². The Morgan fingerprint density at radius 2 is 2.04 bits per heavy atom. The summed E-state index contributed by atoms with van der Waals surface area (Å²) >= 11 is 0. The predicted molar refractivity (Wildman–Crippen MR) is 96.4 cm³/mol. The van der Waals surface area contributed by atoms with Gasteiger partial charge in [0.25, 0.3) is 0 Å². The SMILES string of the molecule is CC(C)NC(C)c1ccc(-n2cc(COC3CCCCO3)nn2)cc1. The van der Waals surface area contributed by atoms with Crippen LogP contribution >= 0.6 is 0 Å². The van der Waals surface area contributed by atoms with E-state index in [2.05, 4.69) is 60.7 Å². The lowest BCUT2D eigenvalue weighted by atomic mass is 10.1. The molecule has 2 unspecified atom stereocenters. The average Bonchev–Trinajstić information content (AvgIpc) is 3.09. The number of aromatic nitrogens is 3. The highest BCUT2D eigenvalue weighted by Crippen LogP contribution is 2.17. The summed E-state index contributed by atoms with van der Waals surface area (Å²) in [7, 11) is 0. The van der Waals surface area contributed by atoms with Crippen molar-refractivity contribution in [1.29, 1.82) is 0 Å². The summed E-state index contributed by atoms with van der Waals surface area (Å²) in [6, 6.07) is 9.17. The molecule has 1 fully saturated rings. The van der Waals surface area contributed by atoms with Gasteiger partial charge in [0.05, 0.1) is 18.5 Å². The molecule has 2 aromatic rings. The van der Waals surface area contributed by atoms with Gasteiger partial charge in [-0.05, 0) is 43.9 Å². The van der Waals surface area contributed by atoms with Gasteiger partial charge >= 0.3 is 0 Å². The zero-order valence-corrected chi connectivity index (χ0v) is 15.3. The minimum atomic E-state index is -0.104. The van der Waals surface area contributed by atoms with Gasteiger partial charge in [0.1, 0.15) is 5.69 Å². The summed E-state index contributed by atoms with van der Waals surface area (Å²) in [6.45, 7) is 7.70. The predicted octanol–water partition coefficient (Wildman–Crippen LogP) is 3.37. The van der Waals surface area contributed by atoms with E-state index < -0.39 is 0 Å². The molecule has 0 spiro atoms. The van der Waals surface area contributed by atoms with E-state index in [9.17, 15) is 0 Å². The second kappa shape index (κ2) is 8.56. The van der Waals surface area contributed by atoms with Crippen molar-refractivity contribution in [2.75, 3.05) is 6.61 Å². The summed E-state index contributed by atoms with van der Waals surface area (Å²) in [4.78, 5) is 0. The highest BCUT2D eigenvalue weighted by Gasteiger charge is 2.15. The average molecular weight is 344 g/mol. The van der Waals surface area contributed by atoms with E-state index in [4.69, 9.17) is 9.47 Å². The van der Waals surface area contributed by atoms with Crippen molar-refractivity contribution in [2.45, 2.75) is 65.0 Å². The monoisotopic (exact) mass is 344 g/mol.